The minimum atomic E-state index is -0.705. The third kappa shape index (κ3) is 2.03. The van der Waals surface area contributed by atoms with Crippen molar-refractivity contribution in [1.29, 1.82) is 0 Å². The first-order valence-electron chi connectivity index (χ1n) is 5.71. The number of benzene rings is 1. The van der Waals surface area contributed by atoms with E-state index in [-0.39, 0.29) is 11.5 Å². The van der Waals surface area contributed by atoms with Gasteiger partial charge in [0.2, 0.25) is 5.95 Å². The van der Waals surface area contributed by atoms with Crippen LogP contribution in [0.15, 0.2) is 30.9 Å². The summed E-state index contributed by atoms with van der Waals surface area (Å²) in [7, 11) is 0. The number of anilines is 1. The lowest BCUT2D eigenvalue weighted by atomic mass is 10.3. The van der Waals surface area contributed by atoms with E-state index in [0.29, 0.717) is 18.6 Å². The molecule has 0 saturated heterocycles. The number of imidazole rings is 2. The molecule has 7 heteroatoms. The number of hydrogen-bond donors (Lipinski definition) is 1. The molecule has 0 bridgehead atoms. The molecule has 0 spiro atoms. The normalized spacial score (nSPS) is 11.3. The van der Waals surface area contributed by atoms with Crippen LogP contribution in [0.3, 0.4) is 0 Å². The van der Waals surface area contributed by atoms with Gasteiger partial charge in [-0.2, -0.15) is 0 Å². The van der Waals surface area contributed by atoms with Gasteiger partial charge in [0, 0.05) is 37.6 Å². The van der Waals surface area contributed by atoms with Gasteiger partial charge in [0.1, 0.15) is 11.3 Å². The molecular weight excluding hydrogens is 252 g/mol. The second-order valence-electron chi connectivity index (χ2n) is 4.18. The van der Waals surface area contributed by atoms with Gasteiger partial charge in [0.05, 0.1) is 11.8 Å². The smallest absolute Gasteiger partial charge is 0.201 e. The molecule has 1 aromatic carbocycles. The highest BCUT2D eigenvalue weighted by Crippen LogP contribution is 2.22. The van der Waals surface area contributed by atoms with Crippen LogP contribution in [0.1, 0.15) is 0 Å². The SMILES string of the molecule is Nc1nc2c(F)cc(F)cc2n1CCn1ccnc1. The average molecular weight is 263 g/mol. The summed E-state index contributed by atoms with van der Waals surface area (Å²) >= 11 is 0. The Kier molecular flexibility index (Phi) is 2.66. The predicted octanol–water partition coefficient (Wildman–Crippen LogP) is 1.79. The Bertz CT molecular complexity index is 717. The molecule has 0 aliphatic rings. The van der Waals surface area contributed by atoms with E-state index in [2.05, 4.69) is 9.97 Å². The molecule has 3 aromatic rings. The van der Waals surface area contributed by atoms with Crippen molar-refractivity contribution in [2.75, 3.05) is 5.73 Å². The molecule has 0 amide bonds. The fourth-order valence-electron chi connectivity index (χ4n) is 2.04. The predicted molar refractivity (Wildman–Crippen MR) is 66.3 cm³/mol. The van der Waals surface area contributed by atoms with E-state index < -0.39 is 11.6 Å². The van der Waals surface area contributed by atoms with E-state index in [0.717, 1.165) is 6.07 Å². The third-order valence-corrected chi connectivity index (χ3v) is 2.94. The number of halogens is 2. The molecule has 0 radical (unpaired) electrons. The fraction of sp³-hybridized carbons (Fsp3) is 0.167. The van der Waals surface area contributed by atoms with Crippen molar-refractivity contribution >= 4 is 17.0 Å². The largest absolute Gasteiger partial charge is 0.369 e. The van der Waals surface area contributed by atoms with Crippen LogP contribution in [0.2, 0.25) is 0 Å². The van der Waals surface area contributed by atoms with Crippen molar-refractivity contribution in [2.45, 2.75) is 13.1 Å². The average Bonchev–Trinajstić information content (AvgIpc) is 2.95. The van der Waals surface area contributed by atoms with Gasteiger partial charge in [-0.25, -0.2) is 18.7 Å². The van der Waals surface area contributed by atoms with E-state index in [1.54, 1.807) is 23.3 Å². The van der Waals surface area contributed by atoms with Gasteiger partial charge >= 0.3 is 0 Å². The van der Waals surface area contributed by atoms with Crippen LogP contribution >= 0.6 is 0 Å². The molecular formula is C12H11F2N5. The molecule has 3 rings (SSSR count). The lowest BCUT2D eigenvalue weighted by Crippen LogP contribution is -2.08. The Morgan fingerprint density at radius 1 is 1.21 bits per heavy atom. The van der Waals surface area contributed by atoms with E-state index in [4.69, 9.17) is 5.73 Å². The van der Waals surface area contributed by atoms with Gasteiger partial charge in [0.15, 0.2) is 5.82 Å². The number of fused-ring (bicyclic) bond motifs is 1. The molecule has 0 unspecified atom stereocenters. The van der Waals surface area contributed by atoms with E-state index >= 15 is 0 Å². The minimum absolute atomic E-state index is 0.0875. The Morgan fingerprint density at radius 3 is 2.79 bits per heavy atom. The van der Waals surface area contributed by atoms with E-state index in [1.807, 2.05) is 4.57 Å². The standard InChI is InChI=1S/C12H11F2N5/c13-8-5-9(14)11-10(6-8)19(12(15)17-11)4-3-18-2-1-16-7-18/h1-2,5-7H,3-4H2,(H2,15,17). The molecule has 5 nitrogen and oxygen atoms in total. The molecule has 0 aliphatic carbocycles. The molecule has 2 aromatic heterocycles. The van der Waals surface area contributed by atoms with Gasteiger partial charge in [-0.3, -0.25) is 0 Å². The van der Waals surface area contributed by atoms with Gasteiger partial charge in [-0.15, -0.1) is 0 Å². The first-order chi connectivity index (χ1) is 9.15. The highest BCUT2D eigenvalue weighted by Gasteiger charge is 2.13. The number of nitrogen functional groups attached to an aromatic ring is 1. The van der Waals surface area contributed by atoms with Crippen molar-refractivity contribution < 1.29 is 8.78 Å². The fourth-order valence-corrected chi connectivity index (χ4v) is 2.04. The summed E-state index contributed by atoms with van der Waals surface area (Å²) in [5.74, 6) is -1.18. The summed E-state index contributed by atoms with van der Waals surface area (Å²) in [6, 6.07) is 2.03. The summed E-state index contributed by atoms with van der Waals surface area (Å²) in [5.41, 5.74) is 6.19. The lowest BCUT2D eigenvalue weighted by Gasteiger charge is -2.07. The molecule has 2 heterocycles. The van der Waals surface area contributed by atoms with Crippen LogP contribution in [-0.2, 0) is 13.1 Å². The Labute approximate surface area is 107 Å². The first-order valence-corrected chi connectivity index (χ1v) is 5.71. The van der Waals surface area contributed by atoms with Gasteiger partial charge < -0.3 is 14.9 Å². The number of nitrogens with two attached hydrogens (primary N) is 1. The van der Waals surface area contributed by atoms with E-state index in [1.165, 1.54) is 6.07 Å². The first kappa shape index (κ1) is 11.6. The van der Waals surface area contributed by atoms with Crippen LogP contribution < -0.4 is 5.73 Å². The molecule has 0 saturated carbocycles. The van der Waals surface area contributed by atoms with Crippen molar-refractivity contribution in [3.63, 3.8) is 0 Å². The van der Waals surface area contributed by atoms with Crippen LogP contribution in [0.25, 0.3) is 11.0 Å². The number of aryl methyl sites for hydroxylation is 2. The number of rotatable bonds is 3. The van der Waals surface area contributed by atoms with Crippen molar-refractivity contribution in [1.82, 2.24) is 19.1 Å². The summed E-state index contributed by atoms with van der Waals surface area (Å²) in [6.07, 6.45) is 5.13. The number of aromatic nitrogens is 4. The number of hydrogen-bond acceptors (Lipinski definition) is 3. The minimum Gasteiger partial charge on any atom is -0.369 e. The zero-order valence-corrected chi connectivity index (χ0v) is 9.92. The van der Waals surface area contributed by atoms with Crippen LogP contribution in [0.5, 0.6) is 0 Å². The maximum Gasteiger partial charge on any atom is 0.201 e. The molecule has 0 aliphatic heterocycles. The second kappa shape index (κ2) is 4.34. The summed E-state index contributed by atoms with van der Waals surface area (Å²) in [4.78, 5) is 7.85. The lowest BCUT2D eigenvalue weighted by molar-refractivity contribution is 0.582. The Morgan fingerprint density at radius 2 is 2.05 bits per heavy atom. The molecule has 2 N–H and O–H groups in total. The second-order valence-corrected chi connectivity index (χ2v) is 4.18. The van der Waals surface area contributed by atoms with Crippen molar-refractivity contribution in [3.05, 3.63) is 42.5 Å². The van der Waals surface area contributed by atoms with Gasteiger partial charge in [0.25, 0.3) is 0 Å². The highest BCUT2D eigenvalue weighted by molar-refractivity contribution is 5.79. The summed E-state index contributed by atoms with van der Waals surface area (Å²) < 4.78 is 30.3. The molecule has 98 valence electrons. The zero-order valence-electron chi connectivity index (χ0n) is 9.92. The van der Waals surface area contributed by atoms with Crippen molar-refractivity contribution in [2.24, 2.45) is 0 Å². The molecule has 0 atom stereocenters. The molecule has 0 fully saturated rings. The quantitative estimate of drug-likeness (QED) is 0.783. The summed E-state index contributed by atoms with van der Waals surface area (Å²) in [6.45, 7) is 1.05. The Hall–Kier alpha value is -2.44. The van der Waals surface area contributed by atoms with Gasteiger partial charge in [-0.05, 0) is 0 Å². The third-order valence-electron chi connectivity index (χ3n) is 2.94. The van der Waals surface area contributed by atoms with Crippen molar-refractivity contribution in [3.8, 4) is 0 Å². The van der Waals surface area contributed by atoms with Crippen LogP contribution in [-0.4, -0.2) is 19.1 Å². The summed E-state index contributed by atoms with van der Waals surface area (Å²) in [5, 5.41) is 0. The monoisotopic (exact) mass is 263 g/mol. The maximum absolute atomic E-state index is 13.6. The molecule has 19 heavy (non-hydrogen) atoms. The number of nitrogens with zero attached hydrogens (tertiary/aromatic N) is 4. The maximum atomic E-state index is 13.6. The van der Waals surface area contributed by atoms with Crippen LogP contribution in [0.4, 0.5) is 14.7 Å². The Balaban J connectivity index is 2.00. The topological polar surface area (TPSA) is 61.7 Å². The van der Waals surface area contributed by atoms with Crippen LogP contribution in [0, 0.1) is 11.6 Å². The highest BCUT2D eigenvalue weighted by atomic mass is 19.1. The van der Waals surface area contributed by atoms with E-state index in [9.17, 15) is 8.78 Å². The zero-order chi connectivity index (χ0) is 13.4. The van der Waals surface area contributed by atoms with Gasteiger partial charge in [-0.1, -0.05) is 0 Å².